The first-order chi connectivity index (χ1) is 8.93. The van der Waals surface area contributed by atoms with Gasteiger partial charge in [-0.3, -0.25) is 24.6 Å². The van der Waals surface area contributed by atoms with Crippen LogP contribution >= 0.6 is 0 Å². The molecular weight excluding hydrogens is 250 g/mol. The Bertz CT molecular complexity index is 442. The van der Waals surface area contributed by atoms with Crippen LogP contribution in [0.1, 0.15) is 26.7 Å². The van der Waals surface area contributed by atoms with E-state index in [1.54, 1.807) is 4.90 Å². The number of hydrogen-bond donors (Lipinski definition) is 1. The molecule has 0 aromatic heterocycles. The van der Waals surface area contributed by atoms with Gasteiger partial charge >= 0.3 is 6.03 Å². The standard InChI is InChI=1S/C12H17N3O4/c1-7-9(16)13-12(19)15(10(7)17)8(2)11(18)14-5-3-4-6-14/h7-8H,3-6H2,1-2H3,(H,13,16,19). The van der Waals surface area contributed by atoms with Gasteiger partial charge in [-0.05, 0) is 26.7 Å². The molecule has 0 aromatic carbocycles. The molecule has 0 saturated carbocycles. The molecule has 0 radical (unpaired) electrons. The molecule has 104 valence electrons. The minimum Gasteiger partial charge on any atom is -0.341 e. The molecular formula is C12H17N3O4. The molecule has 2 heterocycles. The van der Waals surface area contributed by atoms with Gasteiger partial charge in [-0.2, -0.15) is 0 Å². The fourth-order valence-electron chi connectivity index (χ4n) is 2.37. The number of barbiturate groups is 1. The highest BCUT2D eigenvalue weighted by molar-refractivity contribution is 6.17. The second-order valence-electron chi connectivity index (χ2n) is 4.93. The molecule has 2 fully saturated rings. The lowest BCUT2D eigenvalue weighted by molar-refractivity contribution is -0.148. The number of rotatable bonds is 2. The Balaban J connectivity index is 2.15. The van der Waals surface area contributed by atoms with Gasteiger partial charge in [-0.15, -0.1) is 0 Å². The number of nitrogens with one attached hydrogen (secondary N) is 1. The maximum atomic E-state index is 12.2. The number of carbonyl (C=O) groups is 4. The van der Waals surface area contributed by atoms with Crippen LogP contribution in [-0.4, -0.2) is 52.7 Å². The van der Waals surface area contributed by atoms with E-state index in [-0.39, 0.29) is 5.91 Å². The number of amides is 5. The van der Waals surface area contributed by atoms with Crippen LogP contribution in [0.3, 0.4) is 0 Å². The van der Waals surface area contributed by atoms with E-state index in [1.807, 2.05) is 0 Å². The summed E-state index contributed by atoms with van der Waals surface area (Å²) in [6.45, 7) is 4.24. The van der Waals surface area contributed by atoms with Crippen molar-refractivity contribution < 1.29 is 19.2 Å². The van der Waals surface area contributed by atoms with E-state index >= 15 is 0 Å². The minimum absolute atomic E-state index is 0.248. The molecule has 0 aromatic rings. The van der Waals surface area contributed by atoms with Crippen molar-refractivity contribution in [3.63, 3.8) is 0 Å². The molecule has 2 atom stereocenters. The van der Waals surface area contributed by atoms with Gasteiger partial charge in [0.1, 0.15) is 12.0 Å². The number of nitrogens with zero attached hydrogens (tertiary/aromatic N) is 2. The van der Waals surface area contributed by atoms with E-state index < -0.39 is 29.8 Å². The highest BCUT2D eigenvalue weighted by Crippen LogP contribution is 2.17. The third-order valence-electron chi connectivity index (χ3n) is 3.61. The second-order valence-corrected chi connectivity index (χ2v) is 4.93. The normalized spacial score (nSPS) is 25.6. The van der Waals surface area contributed by atoms with Gasteiger partial charge < -0.3 is 4.90 Å². The van der Waals surface area contributed by atoms with Crippen LogP contribution in [0.2, 0.25) is 0 Å². The molecule has 7 nitrogen and oxygen atoms in total. The quantitative estimate of drug-likeness (QED) is 0.697. The lowest BCUT2D eigenvalue weighted by atomic mass is 10.1. The van der Waals surface area contributed by atoms with Gasteiger partial charge in [0.15, 0.2) is 0 Å². The molecule has 0 bridgehead atoms. The molecule has 2 saturated heterocycles. The molecule has 2 aliphatic heterocycles. The molecule has 5 amide bonds. The van der Waals surface area contributed by atoms with Crippen molar-refractivity contribution in [2.75, 3.05) is 13.1 Å². The molecule has 19 heavy (non-hydrogen) atoms. The van der Waals surface area contributed by atoms with E-state index in [1.165, 1.54) is 13.8 Å². The predicted molar refractivity (Wildman–Crippen MR) is 64.8 cm³/mol. The fourth-order valence-corrected chi connectivity index (χ4v) is 2.37. The van der Waals surface area contributed by atoms with Gasteiger partial charge in [0.2, 0.25) is 17.7 Å². The van der Waals surface area contributed by atoms with Crippen molar-refractivity contribution >= 4 is 23.8 Å². The van der Waals surface area contributed by atoms with E-state index in [0.717, 1.165) is 17.7 Å². The predicted octanol–water partition coefficient (Wildman–Crippen LogP) is -0.288. The molecule has 7 heteroatoms. The zero-order valence-corrected chi connectivity index (χ0v) is 11.0. The Morgan fingerprint density at radius 3 is 2.42 bits per heavy atom. The van der Waals surface area contributed by atoms with Gasteiger partial charge in [-0.1, -0.05) is 0 Å². The Kier molecular flexibility index (Phi) is 3.55. The van der Waals surface area contributed by atoms with E-state index in [9.17, 15) is 19.2 Å². The maximum absolute atomic E-state index is 12.2. The van der Waals surface area contributed by atoms with Gasteiger partial charge in [0.25, 0.3) is 0 Å². The van der Waals surface area contributed by atoms with Crippen molar-refractivity contribution in [3.05, 3.63) is 0 Å². The first kappa shape index (κ1) is 13.5. The molecule has 2 unspecified atom stereocenters. The Labute approximate surface area is 110 Å². The van der Waals surface area contributed by atoms with Crippen molar-refractivity contribution in [2.45, 2.75) is 32.7 Å². The van der Waals surface area contributed by atoms with Crippen LogP contribution in [0.25, 0.3) is 0 Å². The number of likely N-dealkylation sites (tertiary alicyclic amines) is 1. The van der Waals surface area contributed by atoms with Crippen molar-refractivity contribution in [3.8, 4) is 0 Å². The third kappa shape index (κ3) is 2.32. The smallest absolute Gasteiger partial charge is 0.331 e. The zero-order valence-electron chi connectivity index (χ0n) is 11.0. The fraction of sp³-hybridized carbons (Fsp3) is 0.667. The van der Waals surface area contributed by atoms with Crippen LogP contribution in [-0.2, 0) is 14.4 Å². The summed E-state index contributed by atoms with van der Waals surface area (Å²) in [5.74, 6) is -2.42. The van der Waals surface area contributed by atoms with Crippen LogP contribution in [0, 0.1) is 5.92 Å². The summed E-state index contributed by atoms with van der Waals surface area (Å²) < 4.78 is 0. The van der Waals surface area contributed by atoms with Crippen molar-refractivity contribution in [1.82, 2.24) is 15.1 Å². The molecule has 1 N–H and O–H groups in total. The third-order valence-corrected chi connectivity index (χ3v) is 3.61. The summed E-state index contributed by atoms with van der Waals surface area (Å²) in [5, 5.41) is 2.09. The van der Waals surface area contributed by atoms with Crippen molar-refractivity contribution in [1.29, 1.82) is 0 Å². The monoisotopic (exact) mass is 267 g/mol. The lowest BCUT2D eigenvalue weighted by Gasteiger charge is -2.33. The van der Waals surface area contributed by atoms with Gasteiger partial charge in [-0.25, -0.2) is 4.79 Å². The maximum Gasteiger partial charge on any atom is 0.331 e. The van der Waals surface area contributed by atoms with Crippen LogP contribution in [0.15, 0.2) is 0 Å². The minimum atomic E-state index is -0.938. The first-order valence-corrected chi connectivity index (χ1v) is 6.40. The number of hydrogen-bond acceptors (Lipinski definition) is 4. The number of carbonyl (C=O) groups excluding carboxylic acids is 4. The largest absolute Gasteiger partial charge is 0.341 e. The summed E-state index contributed by atoms with van der Waals surface area (Å²) in [6.07, 6.45) is 1.88. The summed E-state index contributed by atoms with van der Waals surface area (Å²) >= 11 is 0. The SMILES string of the molecule is CC1C(=O)NC(=O)N(C(C)C(=O)N2CCCC2)C1=O. The number of imide groups is 2. The number of urea groups is 1. The summed E-state index contributed by atoms with van der Waals surface area (Å²) in [7, 11) is 0. The highest BCUT2D eigenvalue weighted by Gasteiger charge is 2.43. The van der Waals surface area contributed by atoms with Gasteiger partial charge in [0.05, 0.1) is 0 Å². The Hall–Kier alpha value is -1.92. The van der Waals surface area contributed by atoms with Gasteiger partial charge in [0, 0.05) is 13.1 Å². The molecule has 0 aliphatic carbocycles. The summed E-state index contributed by atoms with van der Waals surface area (Å²) in [6, 6.07) is -1.69. The van der Waals surface area contributed by atoms with E-state index in [2.05, 4.69) is 5.32 Å². The summed E-state index contributed by atoms with van der Waals surface area (Å²) in [5.41, 5.74) is 0. The lowest BCUT2D eigenvalue weighted by Crippen LogP contribution is -2.62. The van der Waals surface area contributed by atoms with Crippen LogP contribution in [0.4, 0.5) is 4.79 Å². The first-order valence-electron chi connectivity index (χ1n) is 6.40. The average Bonchev–Trinajstić information content (AvgIpc) is 2.88. The van der Waals surface area contributed by atoms with Crippen molar-refractivity contribution in [2.24, 2.45) is 5.92 Å². The topological polar surface area (TPSA) is 86.8 Å². The molecule has 0 spiro atoms. The van der Waals surface area contributed by atoms with E-state index in [4.69, 9.17) is 0 Å². The second kappa shape index (κ2) is 4.99. The zero-order chi connectivity index (χ0) is 14.2. The average molecular weight is 267 g/mol. The highest BCUT2D eigenvalue weighted by atomic mass is 16.2. The Morgan fingerprint density at radius 1 is 1.26 bits per heavy atom. The van der Waals surface area contributed by atoms with Crippen LogP contribution in [0.5, 0.6) is 0 Å². The van der Waals surface area contributed by atoms with Crippen LogP contribution < -0.4 is 5.32 Å². The van der Waals surface area contributed by atoms with E-state index in [0.29, 0.717) is 13.1 Å². The molecule has 2 aliphatic rings. The molecule has 2 rings (SSSR count). The Morgan fingerprint density at radius 2 is 1.84 bits per heavy atom. The summed E-state index contributed by atoms with van der Waals surface area (Å²) in [4.78, 5) is 49.7.